The molecule has 0 aliphatic carbocycles. The predicted molar refractivity (Wildman–Crippen MR) is 150 cm³/mol. The topological polar surface area (TPSA) is 67.5 Å². The van der Waals surface area contributed by atoms with Gasteiger partial charge in [-0.1, -0.05) is 47.5 Å². The Labute approximate surface area is 239 Å². The van der Waals surface area contributed by atoms with E-state index in [0.717, 1.165) is 16.8 Å². The molecule has 0 fully saturated rings. The summed E-state index contributed by atoms with van der Waals surface area (Å²) in [4.78, 5) is 43.0. The number of halogens is 3. The zero-order valence-corrected chi connectivity index (χ0v) is 23.0. The van der Waals surface area contributed by atoms with Crippen molar-refractivity contribution in [2.45, 2.75) is 32.6 Å². The standard InChI is InChI=1S/C30H25Cl2FN4O3/c31-21-7-5-19(6-8-21)17-37-30(40)26-18-34(16-20-13-22(32)15-23(33)14-20)10-9-27(26)36(37)12-11-35-28(38)24-3-1-2-4-25(24)29(35)39/h1-8,13-15H,9-12,16-18H2. The van der Waals surface area contributed by atoms with Gasteiger partial charge >= 0.3 is 0 Å². The number of carbonyl (C=O) groups excluding carboxylic acids is 2. The van der Waals surface area contributed by atoms with Crippen LogP contribution in [0, 0.1) is 5.82 Å². The van der Waals surface area contributed by atoms with E-state index in [4.69, 9.17) is 23.2 Å². The van der Waals surface area contributed by atoms with Gasteiger partial charge in [0, 0.05) is 48.3 Å². The predicted octanol–water partition coefficient (Wildman–Crippen LogP) is 5.00. The van der Waals surface area contributed by atoms with Crippen LogP contribution >= 0.6 is 23.2 Å². The average molecular weight is 579 g/mol. The van der Waals surface area contributed by atoms with Gasteiger partial charge in [0.25, 0.3) is 17.4 Å². The number of aromatic nitrogens is 2. The number of fused-ring (bicyclic) bond motifs is 2. The third kappa shape index (κ3) is 4.98. The zero-order chi connectivity index (χ0) is 28.0. The van der Waals surface area contributed by atoms with E-state index in [1.807, 2.05) is 16.8 Å². The molecule has 0 radical (unpaired) electrons. The summed E-state index contributed by atoms with van der Waals surface area (Å²) in [5.41, 5.74) is 3.83. The van der Waals surface area contributed by atoms with Crippen LogP contribution < -0.4 is 5.56 Å². The Balaban J connectivity index is 1.30. The Kier molecular flexibility index (Phi) is 7.08. The van der Waals surface area contributed by atoms with Crippen LogP contribution in [0.2, 0.25) is 10.0 Å². The van der Waals surface area contributed by atoms with Crippen molar-refractivity contribution in [3.05, 3.63) is 126 Å². The summed E-state index contributed by atoms with van der Waals surface area (Å²) in [6.07, 6.45) is 0.587. The monoisotopic (exact) mass is 578 g/mol. The molecule has 204 valence electrons. The quantitative estimate of drug-likeness (QED) is 0.289. The molecule has 0 unspecified atom stereocenters. The second-order valence-electron chi connectivity index (χ2n) is 10.1. The molecule has 3 aromatic carbocycles. The van der Waals surface area contributed by atoms with Crippen molar-refractivity contribution in [1.29, 1.82) is 0 Å². The van der Waals surface area contributed by atoms with Crippen molar-refractivity contribution in [3.8, 4) is 0 Å². The van der Waals surface area contributed by atoms with Gasteiger partial charge in [-0.25, -0.2) is 9.07 Å². The molecule has 0 N–H and O–H groups in total. The molecular weight excluding hydrogens is 554 g/mol. The molecule has 2 amide bonds. The lowest BCUT2D eigenvalue weighted by Crippen LogP contribution is -2.35. The average Bonchev–Trinajstić information content (AvgIpc) is 3.33. The van der Waals surface area contributed by atoms with Gasteiger partial charge in [0.15, 0.2) is 0 Å². The van der Waals surface area contributed by atoms with Crippen LogP contribution in [0.3, 0.4) is 0 Å². The lowest BCUT2D eigenvalue weighted by molar-refractivity contribution is 0.0645. The third-order valence-electron chi connectivity index (χ3n) is 7.48. The van der Waals surface area contributed by atoms with Crippen molar-refractivity contribution in [3.63, 3.8) is 0 Å². The lowest BCUT2D eigenvalue weighted by Gasteiger charge is -2.27. The first kappa shape index (κ1) is 26.5. The fourth-order valence-electron chi connectivity index (χ4n) is 5.60. The number of hydrogen-bond donors (Lipinski definition) is 0. The van der Waals surface area contributed by atoms with Crippen LogP contribution in [0.15, 0.2) is 71.5 Å². The maximum Gasteiger partial charge on any atom is 0.271 e. The minimum Gasteiger partial charge on any atom is -0.294 e. The molecule has 7 nitrogen and oxygen atoms in total. The Hall–Kier alpha value is -3.72. The summed E-state index contributed by atoms with van der Waals surface area (Å²) in [6.45, 7) is 2.22. The Morgan fingerprint density at radius 1 is 0.750 bits per heavy atom. The highest BCUT2D eigenvalue weighted by Gasteiger charge is 2.35. The number of carbonyl (C=O) groups is 2. The molecule has 6 rings (SSSR count). The van der Waals surface area contributed by atoms with Gasteiger partial charge in [0.2, 0.25) is 0 Å². The Morgan fingerprint density at radius 2 is 1.45 bits per heavy atom. The van der Waals surface area contributed by atoms with Crippen LogP contribution in [-0.2, 0) is 32.6 Å². The van der Waals surface area contributed by atoms with Crippen molar-refractivity contribution in [2.75, 3.05) is 13.1 Å². The Bertz CT molecular complexity index is 1640. The van der Waals surface area contributed by atoms with Crippen molar-refractivity contribution >= 4 is 35.0 Å². The van der Waals surface area contributed by atoms with Gasteiger partial charge in [-0.3, -0.25) is 28.9 Å². The summed E-state index contributed by atoms with van der Waals surface area (Å²) < 4.78 is 17.5. The zero-order valence-electron chi connectivity index (χ0n) is 21.4. The van der Waals surface area contributed by atoms with Crippen molar-refractivity contribution in [2.24, 2.45) is 0 Å². The number of rotatable bonds is 7. The van der Waals surface area contributed by atoms with Gasteiger partial charge < -0.3 is 0 Å². The van der Waals surface area contributed by atoms with Crippen LogP contribution in [0.25, 0.3) is 0 Å². The third-order valence-corrected chi connectivity index (χ3v) is 7.95. The molecule has 0 spiro atoms. The molecule has 0 bridgehead atoms. The molecule has 40 heavy (non-hydrogen) atoms. The van der Waals surface area contributed by atoms with E-state index in [1.54, 1.807) is 47.1 Å². The van der Waals surface area contributed by atoms with Gasteiger partial charge in [0.05, 0.1) is 29.8 Å². The first-order valence-electron chi connectivity index (χ1n) is 13.0. The normalized spacial score (nSPS) is 15.0. The van der Waals surface area contributed by atoms with E-state index >= 15 is 0 Å². The summed E-state index contributed by atoms with van der Waals surface area (Å²) in [5, 5.41) is 0.932. The second-order valence-corrected chi connectivity index (χ2v) is 11.0. The summed E-state index contributed by atoms with van der Waals surface area (Å²) in [6, 6.07) is 18.5. The maximum atomic E-state index is 13.9. The molecule has 0 saturated heterocycles. The van der Waals surface area contributed by atoms with Crippen LogP contribution in [0.1, 0.15) is 43.1 Å². The first-order valence-corrected chi connectivity index (χ1v) is 13.7. The smallest absolute Gasteiger partial charge is 0.271 e. The molecule has 0 saturated carbocycles. The van der Waals surface area contributed by atoms with Crippen molar-refractivity contribution in [1.82, 2.24) is 19.2 Å². The van der Waals surface area contributed by atoms with E-state index in [1.165, 1.54) is 17.0 Å². The highest BCUT2D eigenvalue weighted by Crippen LogP contribution is 2.25. The lowest BCUT2D eigenvalue weighted by atomic mass is 10.1. The highest BCUT2D eigenvalue weighted by atomic mass is 35.5. The molecule has 10 heteroatoms. The molecule has 1 aromatic heterocycles. The van der Waals surface area contributed by atoms with Crippen LogP contribution in [0.5, 0.6) is 0 Å². The number of imide groups is 1. The van der Waals surface area contributed by atoms with E-state index in [0.29, 0.717) is 59.3 Å². The maximum absolute atomic E-state index is 13.9. The van der Waals surface area contributed by atoms with Gasteiger partial charge in [0.1, 0.15) is 5.82 Å². The molecular formula is C30H25Cl2FN4O3. The number of hydrogen-bond acceptors (Lipinski definition) is 4. The minimum atomic E-state index is -0.398. The molecule has 2 aliphatic rings. The SMILES string of the molecule is O=C1c2ccccc2C(=O)N1CCn1c2c(c(=O)n1Cc1ccc(Cl)cc1)CN(Cc1cc(F)cc(Cl)c1)CC2. The summed E-state index contributed by atoms with van der Waals surface area (Å²) in [5.74, 6) is -1.05. The fraction of sp³-hybridized carbons (Fsp3) is 0.233. The summed E-state index contributed by atoms with van der Waals surface area (Å²) >= 11 is 12.1. The van der Waals surface area contributed by atoms with Crippen LogP contribution in [0.4, 0.5) is 4.39 Å². The molecule has 2 aliphatic heterocycles. The van der Waals surface area contributed by atoms with E-state index in [-0.39, 0.29) is 30.5 Å². The van der Waals surface area contributed by atoms with E-state index in [9.17, 15) is 18.8 Å². The van der Waals surface area contributed by atoms with Crippen LogP contribution in [-0.4, -0.2) is 44.1 Å². The van der Waals surface area contributed by atoms with Gasteiger partial charge in [-0.05, 0) is 53.6 Å². The van der Waals surface area contributed by atoms with Gasteiger partial charge in [-0.2, -0.15) is 0 Å². The fourth-order valence-corrected chi connectivity index (χ4v) is 5.97. The van der Waals surface area contributed by atoms with Gasteiger partial charge in [-0.15, -0.1) is 0 Å². The van der Waals surface area contributed by atoms with E-state index in [2.05, 4.69) is 4.90 Å². The highest BCUT2D eigenvalue weighted by molar-refractivity contribution is 6.30. The van der Waals surface area contributed by atoms with E-state index < -0.39 is 5.82 Å². The first-order chi connectivity index (χ1) is 19.3. The molecule has 3 heterocycles. The summed E-state index contributed by atoms with van der Waals surface area (Å²) in [7, 11) is 0. The number of nitrogens with zero attached hydrogens (tertiary/aromatic N) is 4. The minimum absolute atomic E-state index is 0.130. The molecule has 0 atom stereocenters. The molecule has 4 aromatic rings. The second kappa shape index (κ2) is 10.7. The van der Waals surface area contributed by atoms with Crippen molar-refractivity contribution < 1.29 is 14.0 Å². The number of benzene rings is 3. The Morgan fingerprint density at radius 3 is 2.12 bits per heavy atom. The number of amides is 2. The largest absolute Gasteiger partial charge is 0.294 e.